The van der Waals surface area contributed by atoms with Gasteiger partial charge < -0.3 is 10.1 Å². The minimum Gasteiger partial charge on any atom is -0.464 e. The third-order valence-corrected chi connectivity index (χ3v) is 3.58. The van der Waals surface area contributed by atoms with Crippen LogP contribution in [-0.2, 0) is 9.53 Å². The molecule has 5 heteroatoms. The highest BCUT2D eigenvalue weighted by Crippen LogP contribution is 2.39. The number of ether oxygens (including phenoxy) is 1. The lowest BCUT2D eigenvalue weighted by Gasteiger charge is -2.38. The summed E-state index contributed by atoms with van der Waals surface area (Å²) in [6.07, 6.45) is 0. The molecule has 0 aromatic rings. The molecular weight excluding hydrogens is 214 g/mol. The molecule has 0 aliphatic carbocycles. The van der Waals surface area contributed by atoms with Crippen LogP contribution in [-0.4, -0.2) is 29.1 Å². The van der Waals surface area contributed by atoms with Crippen LogP contribution in [0, 0.1) is 5.41 Å². The van der Waals surface area contributed by atoms with Gasteiger partial charge in [0, 0.05) is 5.75 Å². The molecule has 1 aliphatic heterocycles. The van der Waals surface area contributed by atoms with Gasteiger partial charge in [0.25, 0.3) is 5.24 Å². The lowest BCUT2D eigenvalue weighted by atomic mass is 9.75. The van der Waals surface area contributed by atoms with Crippen LogP contribution in [0.4, 0.5) is 4.79 Å². The summed E-state index contributed by atoms with van der Waals surface area (Å²) in [5, 5.41) is 2.59. The molecule has 1 saturated heterocycles. The molecule has 1 rings (SSSR count). The lowest BCUT2D eigenvalue weighted by Crippen LogP contribution is -2.60. The van der Waals surface area contributed by atoms with Crippen LogP contribution in [0.25, 0.3) is 0 Å². The van der Waals surface area contributed by atoms with Gasteiger partial charge in [0.2, 0.25) is 0 Å². The van der Waals surface area contributed by atoms with E-state index >= 15 is 0 Å². The number of thioether (sulfide) groups is 1. The molecular formula is C10H17NO3S. The van der Waals surface area contributed by atoms with Crippen LogP contribution in [0.1, 0.15) is 27.7 Å². The van der Waals surface area contributed by atoms with Gasteiger partial charge >= 0.3 is 5.97 Å². The van der Waals surface area contributed by atoms with E-state index in [1.54, 1.807) is 6.92 Å². The molecule has 1 N–H and O–H groups in total. The van der Waals surface area contributed by atoms with E-state index in [2.05, 4.69) is 5.32 Å². The van der Waals surface area contributed by atoms with E-state index in [4.69, 9.17) is 4.74 Å². The molecule has 15 heavy (non-hydrogen) atoms. The van der Waals surface area contributed by atoms with Gasteiger partial charge in [-0.1, -0.05) is 32.5 Å². The molecule has 1 aliphatic rings. The zero-order chi connectivity index (χ0) is 11.7. The number of hydrogen-bond acceptors (Lipinski definition) is 4. The van der Waals surface area contributed by atoms with E-state index in [0.29, 0.717) is 12.4 Å². The fourth-order valence-electron chi connectivity index (χ4n) is 1.49. The Morgan fingerprint density at radius 1 is 1.60 bits per heavy atom. The first kappa shape index (κ1) is 12.4. The average molecular weight is 231 g/mol. The van der Waals surface area contributed by atoms with Crippen molar-refractivity contribution < 1.29 is 14.3 Å². The predicted octanol–water partition coefficient (Wildman–Crippen LogP) is 1.79. The Bertz CT molecular complexity index is 285. The smallest absolute Gasteiger partial charge is 0.333 e. The summed E-state index contributed by atoms with van der Waals surface area (Å²) < 4.78 is 5.04. The van der Waals surface area contributed by atoms with Crippen molar-refractivity contribution in [3.05, 3.63) is 0 Å². The molecule has 1 atom stereocenters. The summed E-state index contributed by atoms with van der Waals surface area (Å²) in [6.45, 7) is 7.87. The Morgan fingerprint density at radius 3 is 2.53 bits per heavy atom. The summed E-state index contributed by atoms with van der Waals surface area (Å²) >= 11 is 1.13. The molecule has 0 radical (unpaired) electrons. The fourth-order valence-corrected chi connectivity index (χ4v) is 2.71. The van der Waals surface area contributed by atoms with Crippen molar-refractivity contribution in [1.29, 1.82) is 0 Å². The van der Waals surface area contributed by atoms with Gasteiger partial charge in [-0.25, -0.2) is 4.79 Å². The van der Waals surface area contributed by atoms with E-state index in [1.165, 1.54) is 0 Å². The van der Waals surface area contributed by atoms with Crippen LogP contribution >= 0.6 is 11.8 Å². The van der Waals surface area contributed by atoms with Crippen LogP contribution in [0.5, 0.6) is 0 Å². The topological polar surface area (TPSA) is 55.4 Å². The van der Waals surface area contributed by atoms with Gasteiger partial charge in [0.1, 0.15) is 0 Å². The molecule has 0 aromatic heterocycles. The van der Waals surface area contributed by atoms with Crippen molar-refractivity contribution in [3.63, 3.8) is 0 Å². The monoisotopic (exact) mass is 231 g/mol. The number of nitrogens with one attached hydrogen (secondary N) is 1. The van der Waals surface area contributed by atoms with Gasteiger partial charge in [-0.3, -0.25) is 4.79 Å². The lowest BCUT2D eigenvalue weighted by molar-refractivity contribution is -0.154. The summed E-state index contributed by atoms with van der Waals surface area (Å²) in [7, 11) is 0. The van der Waals surface area contributed by atoms with E-state index < -0.39 is 5.54 Å². The van der Waals surface area contributed by atoms with E-state index in [9.17, 15) is 9.59 Å². The maximum atomic E-state index is 11.9. The van der Waals surface area contributed by atoms with Crippen molar-refractivity contribution >= 4 is 23.0 Å². The number of hydrogen-bond donors (Lipinski definition) is 1. The summed E-state index contributed by atoms with van der Waals surface area (Å²) in [5.41, 5.74) is -1.23. The standard InChI is InChI=1S/C10H17NO3S/c1-5-14-7(12)10(9(2,3)4)6-15-8(13)11-10/h5-6H2,1-4H3,(H,11,13). The summed E-state index contributed by atoms with van der Waals surface area (Å²) in [4.78, 5) is 23.2. The number of carbonyl (C=O) groups is 2. The molecule has 1 fully saturated rings. The van der Waals surface area contributed by atoms with Crippen molar-refractivity contribution in [3.8, 4) is 0 Å². The first-order valence-electron chi connectivity index (χ1n) is 4.95. The van der Waals surface area contributed by atoms with Crippen LogP contribution in [0.15, 0.2) is 0 Å². The van der Waals surface area contributed by atoms with Gasteiger partial charge in [0.05, 0.1) is 6.61 Å². The first-order valence-corrected chi connectivity index (χ1v) is 5.94. The SMILES string of the molecule is CCOC(=O)C1(C(C)(C)C)CSC(=O)N1. The Morgan fingerprint density at radius 2 is 2.20 bits per heavy atom. The van der Waals surface area contributed by atoms with E-state index in [-0.39, 0.29) is 16.6 Å². The van der Waals surface area contributed by atoms with Crippen LogP contribution in [0.2, 0.25) is 0 Å². The minimum absolute atomic E-state index is 0.155. The highest BCUT2D eigenvalue weighted by atomic mass is 32.2. The Labute approximate surface area is 94.1 Å². The third kappa shape index (κ3) is 2.12. The minimum atomic E-state index is -0.884. The van der Waals surface area contributed by atoms with Gasteiger partial charge in [-0.05, 0) is 12.3 Å². The predicted molar refractivity (Wildman–Crippen MR) is 59.8 cm³/mol. The highest BCUT2D eigenvalue weighted by molar-refractivity contribution is 8.14. The number of carbonyl (C=O) groups excluding carboxylic acids is 2. The maximum Gasteiger partial charge on any atom is 0.333 e. The molecule has 0 saturated carbocycles. The third-order valence-electron chi connectivity index (χ3n) is 2.64. The molecule has 1 amide bonds. The van der Waals surface area contributed by atoms with E-state index in [1.807, 2.05) is 20.8 Å². The average Bonchev–Trinajstić information content (AvgIpc) is 2.48. The van der Waals surface area contributed by atoms with E-state index in [0.717, 1.165) is 11.8 Å². The van der Waals surface area contributed by atoms with Crippen molar-refractivity contribution in [2.75, 3.05) is 12.4 Å². The largest absolute Gasteiger partial charge is 0.464 e. The second kappa shape index (κ2) is 4.04. The molecule has 1 unspecified atom stereocenters. The summed E-state index contributed by atoms with van der Waals surface area (Å²) in [5.74, 6) is 0.101. The van der Waals surface area contributed by atoms with Gasteiger partial charge in [-0.2, -0.15) is 0 Å². The molecule has 1 heterocycles. The van der Waals surface area contributed by atoms with Crippen LogP contribution in [0.3, 0.4) is 0 Å². The van der Waals surface area contributed by atoms with Crippen molar-refractivity contribution in [1.82, 2.24) is 5.32 Å². The Balaban J connectivity index is 2.98. The summed E-state index contributed by atoms with van der Waals surface area (Å²) in [6, 6.07) is 0. The Hall–Kier alpha value is -0.710. The van der Waals surface area contributed by atoms with Crippen molar-refractivity contribution in [2.24, 2.45) is 5.41 Å². The molecule has 0 bridgehead atoms. The molecule has 4 nitrogen and oxygen atoms in total. The second-order valence-electron chi connectivity index (χ2n) is 4.58. The first-order chi connectivity index (χ1) is 6.83. The molecule has 0 spiro atoms. The zero-order valence-electron chi connectivity index (χ0n) is 9.55. The number of rotatable bonds is 2. The number of amides is 1. The fraction of sp³-hybridized carbons (Fsp3) is 0.800. The van der Waals surface area contributed by atoms with Crippen molar-refractivity contribution in [2.45, 2.75) is 33.2 Å². The normalized spacial score (nSPS) is 26.3. The maximum absolute atomic E-state index is 11.9. The highest BCUT2D eigenvalue weighted by Gasteiger charge is 2.54. The quantitative estimate of drug-likeness (QED) is 0.736. The molecule has 0 aromatic carbocycles. The second-order valence-corrected chi connectivity index (χ2v) is 5.53. The van der Waals surface area contributed by atoms with Gasteiger partial charge in [0.15, 0.2) is 5.54 Å². The molecule has 86 valence electrons. The van der Waals surface area contributed by atoms with Gasteiger partial charge in [-0.15, -0.1) is 0 Å². The number of esters is 1. The zero-order valence-corrected chi connectivity index (χ0v) is 10.4. The Kier molecular flexibility index (Phi) is 3.33. The van der Waals surface area contributed by atoms with Crippen LogP contribution < -0.4 is 5.32 Å².